The van der Waals surface area contributed by atoms with Crippen molar-refractivity contribution in [3.05, 3.63) is 59.1 Å². The van der Waals surface area contributed by atoms with Gasteiger partial charge in [0.05, 0.1) is 18.6 Å². The monoisotopic (exact) mass is 356 g/mol. The number of rotatable bonds is 6. The highest BCUT2D eigenvalue weighted by Gasteiger charge is 2.17. The average molecular weight is 356 g/mol. The van der Waals surface area contributed by atoms with E-state index in [1.807, 2.05) is 12.1 Å². The summed E-state index contributed by atoms with van der Waals surface area (Å²) in [5.41, 5.74) is 1.23. The number of allylic oxidation sites excluding steroid dienone is 1. The molecule has 2 aromatic heterocycles. The Balaban J connectivity index is 2.05. The lowest BCUT2D eigenvalue weighted by Gasteiger charge is -2.12. The number of aromatic nitrogens is 2. The van der Waals surface area contributed by atoms with Crippen molar-refractivity contribution in [3.63, 3.8) is 0 Å². The predicted octanol–water partition coefficient (Wildman–Crippen LogP) is 4.19. The molecule has 0 radical (unpaired) electrons. The molecule has 7 heteroatoms. The number of imidazole rings is 1. The Morgan fingerprint density at radius 1 is 1.40 bits per heavy atom. The number of para-hydroxylation sites is 1. The van der Waals surface area contributed by atoms with Gasteiger partial charge in [0.1, 0.15) is 0 Å². The van der Waals surface area contributed by atoms with E-state index in [9.17, 15) is 9.90 Å². The maximum absolute atomic E-state index is 11.6. The van der Waals surface area contributed by atoms with Crippen molar-refractivity contribution in [2.75, 3.05) is 7.11 Å². The number of hydrogen-bond acceptors (Lipinski definition) is 5. The molecule has 0 fully saturated rings. The summed E-state index contributed by atoms with van der Waals surface area (Å²) < 4.78 is 12.6. The Morgan fingerprint density at radius 3 is 2.88 bits per heavy atom. The zero-order valence-electron chi connectivity index (χ0n) is 13.7. The van der Waals surface area contributed by atoms with Gasteiger partial charge in [-0.1, -0.05) is 18.7 Å². The first kappa shape index (κ1) is 16.8. The van der Waals surface area contributed by atoms with Crippen LogP contribution in [-0.2, 0) is 0 Å². The molecular formula is C18H16N2O4S. The van der Waals surface area contributed by atoms with Gasteiger partial charge in [-0.05, 0) is 25.1 Å². The number of fused-ring (bicyclic) bond motifs is 1. The predicted molar refractivity (Wildman–Crippen MR) is 97.4 cm³/mol. The molecule has 1 aromatic carbocycles. The molecule has 0 amide bonds. The second-order valence-electron chi connectivity index (χ2n) is 5.22. The Bertz CT molecular complexity index is 984. The standard InChI is InChI=1S/C18H16N2O4S/c1-11(2)24-16-12(5-4-6-14(16)23-3)7-8-13-15(17(21)22)20-9-10-25-18(20)19-13/h4-10H,1H2,2-3H3,(H,21,22). The smallest absolute Gasteiger partial charge is 0.355 e. The molecule has 6 nitrogen and oxygen atoms in total. The molecule has 3 aromatic rings. The zero-order valence-corrected chi connectivity index (χ0v) is 14.5. The highest BCUT2D eigenvalue weighted by atomic mass is 32.1. The Morgan fingerprint density at radius 2 is 2.20 bits per heavy atom. The second-order valence-corrected chi connectivity index (χ2v) is 6.10. The van der Waals surface area contributed by atoms with Gasteiger partial charge in [0, 0.05) is 17.1 Å². The molecule has 0 aliphatic carbocycles. The van der Waals surface area contributed by atoms with Gasteiger partial charge in [-0.2, -0.15) is 0 Å². The van der Waals surface area contributed by atoms with Gasteiger partial charge in [-0.15, -0.1) is 11.3 Å². The first-order valence-corrected chi connectivity index (χ1v) is 8.26. The van der Waals surface area contributed by atoms with Gasteiger partial charge >= 0.3 is 5.97 Å². The minimum absolute atomic E-state index is 0.123. The molecule has 25 heavy (non-hydrogen) atoms. The zero-order chi connectivity index (χ0) is 18.0. The van der Waals surface area contributed by atoms with Gasteiger partial charge in [-0.3, -0.25) is 4.40 Å². The van der Waals surface area contributed by atoms with E-state index in [2.05, 4.69) is 11.6 Å². The largest absolute Gasteiger partial charge is 0.493 e. The van der Waals surface area contributed by atoms with E-state index in [-0.39, 0.29) is 5.69 Å². The quantitative estimate of drug-likeness (QED) is 0.671. The number of carboxylic acids is 1. The number of thiazole rings is 1. The van der Waals surface area contributed by atoms with Gasteiger partial charge in [0.2, 0.25) is 0 Å². The van der Waals surface area contributed by atoms with Crippen LogP contribution in [0.2, 0.25) is 0 Å². The summed E-state index contributed by atoms with van der Waals surface area (Å²) >= 11 is 1.38. The van der Waals surface area contributed by atoms with E-state index in [1.165, 1.54) is 11.3 Å². The number of hydrogen-bond donors (Lipinski definition) is 1. The average Bonchev–Trinajstić information content (AvgIpc) is 3.13. The van der Waals surface area contributed by atoms with Crippen molar-refractivity contribution in [2.24, 2.45) is 0 Å². The summed E-state index contributed by atoms with van der Waals surface area (Å²) in [5.74, 6) is 0.573. The van der Waals surface area contributed by atoms with Gasteiger partial charge in [0.15, 0.2) is 22.2 Å². The molecule has 0 spiro atoms. The maximum Gasteiger partial charge on any atom is 0.355 e. The van der Waals surface area contributed by atoms with Crippen LogP contribution < -0.4 is 9.47 Å². The number of methoxy groups -OCH3 is 1. The van der Waals surface area contributed by atoms with Crippen LogP contribution in [0, 0.1) is 0 Å². The number of nitrogens with zero attached hydrogens (tertiary/aromatic N) is 2. The SMILES string of the molecule is C=C(C)Oc1c(C=Cc2nc3sccn3c2C(=O)O)cccc1OC. The van der Waals surface area contributed by atoms with Crippen molar-refractivity contribution in [3.8, 4) is 11.5 Å². The van der Waals surface area contributed by atoms with Crippen LogP contribution in [0.25, 0.3) is 17.1 Å². The third-order valence-corrected chi connectivity index (χ3v) is 4.17. The number of ether oxygens (including phenoxy) is 2. The molecule has 0 saturated carbocycles. The molecule has 128 valence electrons. The summed E-state index contributed by atoms with van der Waals surface area (Å²) in [6.45, 7) is 5.49. The van der Waals surface area contributed by atoms with Crippen molar-refractivity contribution >= 4 is 34.4 Å². The minimum atomic E-state index is -1.03. The normalized spacial score (nSPS) is 11.1. The number of carbonyl (C=O) groups is 1. The lowest BCUT2D eigenvalue weighted by atomic mass is 10.1. The van der Waals surface area contributed by atoms with Crippen LogP contribution >= 0.6 is 11.3 Å². The third-order valence-electron chi connectivity index (χ3n) is 3.42. The molecule has 3 rings (SSSR count). The Labute approximate surface area is 148 Å². The molecule has 0 atom stereocenters. The van der Waals surface area contributed by atoms with Crippen LogP contribution in [0.15, 0.2) is 42.1 Å². The Hall–Kier alpha value is -3.06. The van der Waals surface area contributed by atoms with Crippen LogP contribution in [0.1, 0.15) is 28.7 Å². The lowest BCUT2D eigenvalue weighted by molar-refractivity contribution is 0.0689. The molecule has 0 unspecified atom stereocenters. The third kappa shape index (κ3) is 3.27. The fourth-order valence-electron chi connectivity index (χ4n) is 2.41. The molecule has 0 bridgehead atoms. The van der Waals surface area contributed by atoms with Crippen molar-refractivity contribution in [1.29, 1.82) is 0 Å². The van der Waals surface area contributed by atoms with E-state index < -0.39 is 5.97 Å². The first-order valence-electron chi connectivity index (χ1n) is 7.38. The summed E-state index contributed by atoms with van der Waals surface area (Å²) in [6, 6.07) is 5.45. The van der Waals surface area contributed by atoms with E-state index in [1.54, 1.807) is 48.2 Å². The molecule has 0 aliphatic heterocycles. The van der Waals surface area contributed by atoms with Crippen molar-refractivity contribution in [1.82, 2.24) is 9.38 Å². The van der Waals surface area contributed by atoms with Crippen molar-refractivity contribution in [2.45, 2.75) is 6.92 Å². The molecule has 0 aliphatic rings. The van der Waals surface area contributed by atoms with Crippen LogP contribution in [0.5, 0.6) is 11.5 Å². The summed E-state index contributed by atoms with van der Waals surface area (Å²) in [6.07, 6.45) is 5.10. The highest BCUT2D eigenvalue weighted by Crippen LogP contribution is 2.33. The highest BCUT2D eigenvalue weighted by molar-refractivity contribution is 7.15. The topological polar surface area (TPSA) is 73.1 Å². The van der Waals surface area contributed by atoms with Gasteiger partial charge < -0.3 is 14.6 Å². The first-order chi connectivity index (χ1) is 12.0. The number of benzene rings is 1. The van der Waals surface area contributed by atoms with Crippen LogP contribution in [0.4, 0.5) is 0 Å². The second kappa shape index (κ2) is 6.82. The number of carboxylic acid groups (broad SMARTS) is 1. The van der Waals surface area contributed by atoms with E-state index >= 15 is 0 Å². The summed E-state index contributed by atoms with van der Waals surface area (Å²) in [5, 5.41) is 11.3. The molecule has 1 N–H and O–H groups in total. The fraction of sp³-hybridized carbons (Fsp3) is 0.111. The lowest BCUT2D eigenvalue weighted by Crippen LogP contribution is -2.02. The summed E-state index contributed by atoms with van der Waals surface area (Å²) in [4.78, 5) is 16.6. The molecular weight excluding hydrogens is 340 g/mol. The number of aromatic carboxylic acids is 1. The molecule has 0 saturated heterocycles. The summed E-state index contributed by atoms with van der Waals surface area (Å²) in [7, 11) is 1.56. The fourth-order valence-corrected chi connectivity index (χ4v) is 3.13. The van der Waals surface area contributed by atoms with E-state index in [0.717, 1.165) is 5.56 Å². The van der Waals surface area contributed by atoms with Gasteiger partial charge in [-0.25, -0.2) is 9.78 Å². The molecule has 2 heterocycles. The van der Waals surface area contributed by atoms with Crippen LogP contribution in [0.3, 0.4) is 0 Å². The van der Waals surface area contributed by atoms with Gasteiger partial charge in [0.25, 0.3) is 0 Å². The Kier molecular flexibility index (Phi) is 4.58. The maximum atomic E-state index is 11.6. The van der Waals surface area contributed by atoms with Crippen LogP contribution in [-0.4, -0.2) is 27.6 Å². The van der Waals surface area contributed by atoms with E-state index in [4.69, 9.17) is 9.47 Å². The minimum Gasteiger partial charge on any atom is -0.493 e. The van der Waals surface area contributed by atoms with E-state index in [0.29, 0.717) is 27.9 Å². The van der Waals surface area contributed by atoms with Crippen molar-refractivity contribution < 1.29 is 19.4 Å².